The third kappa shape index (κ3) is 1.90. The zero-order chi connectivity index (χ0) is 12.7. The van der Waals surface area contributed by atoms with Crippen LogP contribution in [0.1, 0.15) is 23.2 Å². The van der Waals surface area contributed by atoms with Gasteiger partial charge in [-0.1, -0.05) is 0 Å². The molecule has 18 heavy (non-hydrogen) atoms. The van der Waals surface area contributed by atoms with E-state index < -0.39 is 5.97 Å². The summed E-state index contributed by atoms with van der Waals surface area (Å²) in [6, 6.07) is 4.97. The first-order chi connectivity index (χ1) is 8.63. The van der Waals surface area contributed by atoms with Gasteiger partial charge in [-0.15, -0.1) is 0 Å². The van der Waals surface area contributed by atoms with Gasteiger partial charge < -0.3 is 20.9 Å². The maximum absolute atomic E-state index is 10.9. The molecule has 0 spiro atoms. The number of nitrogens with one attached hydrogen (secondary N) is 1. The van der Waals surface area contributed by atoms with Crippen molar-refractivity contribution >= 4 is 17.3 Å². The van der Waals surface area contributed by atoms with Crippen LogP contribution in [0.4, 0.5) is 11.4 Å². The van der Waals surface area contributed by atoms with Gasteiger partial charge in [0.15, 0.2) is 0 Å². The summed E-state index contributed by atoms with van der Waals surface area (Å²) in [5.74, 6) is -0.307. The molecule has 2 aliphatic rings. The minimum atomic E-state index is -0.942. The first kappa shape index (κ1) is 11.3. The van der Waals surface area contributed by atoms with Crippen molar-refractivity contribution in [1.29, 1.82) is 0 Å². The summed E-state index contributed by atoms with van der Waals surface area (Å²) in [5, 5.41) is 12.3. The van der Waals surface area contributed by atoms with Crippen LogP contribution in [0.5, 0.6) is 0 Å². The number of hydrogen-bond acceptors (Lipinski definition) is 4. The van der Waals surface area contributed by atoms with Crippen molar-refractivity contribution in [3.8, 4) is 0 Å². The number of carboxylic acids is 1. The standard InChI is InChI=1S/C13H16N2O3/c14-9-2-1-8(13(16)17)5-10(9)15-11-3-7-4-12(11)18-6-7/h1-2,5,7,11-12,15H,3-4,6,14H2,(H,16,17)/t7-,11+,12-/m1/s1. The molecule has 96 valence electrons. The molecule has 1 aliphatic heterocycles. The van der Waals surface area contributed by atoms with E-state index >= 15 is 0 Å². The second-order valence-electron chi connectivity index (χ2n) is 5.07. The number of ether oxygens (including phenoxy) is 1. The Morgan fingerprint density at radius 3 is 2.89 bits per heavy atom. The van der Waals surface area contributed by atoms with Crippen LogP contribution in [0.15, 0.2) is 18.2 Å². The molecule has 4 N–H and O–H groups in total. The SMILES string of the molecule is Nc1ccc(C(=O)O)cc1N[C@H]1C[C@H]2CO[C@@H]1C2. The number of nitrogens with two attached hydrogens (primary N) is 1. The van der Waals surface area contributed by atoms with Crippen molar-refractivity contribution in [3.05, 3.63) is 23.8 Å². The van der Waals surface area contributed by atoms with E-state index in [-0.39, 0.29) is 17.7 Å². The van der Waals surface area contributed by atoms with Crippen LogP contribution in [0, 0.1) is 5.92 Å². The number of rotatable bonds is 3. The third-order valence-electron chi connectivity index (χ3n) is 3.79. The maximum atomic E-state index is 10.9. The summed E-state index contributed by atoms with van der Waals surface area (Å²) in [7, 11) is 0. The molecule has 5 heteroatoms. The second-order valence-corrected chi connectivity index (χ2v) is 5.07. The Balaban J connectivity index is 1.79. The summed E-state index contributed by atoms with van der Waals surface area (Å²) < 4.78 is 5.63. The quantitative estimate of drug-likeness (QED) is 0.707. The molecule has 1 saturated carbocycles. The minimum absolute atomic E-state index is 0.239. The largest absolute Gasteiger partial charge is 0.478 e. The molecule has 1 heterocycles. The zero-order valence-electron chi connectivity index (χ0n) is 9.93. The molecule has 1 aliphatic carbocycles. The second kappa shape index (κ2) is 4.17. The number of aromatic carboxylic acids is 1. The van der Waals surface area contributed by atoms with E-state index in [2.05, 4.69) is 5.32 Å². The number of hydrogen-bond donors (Lipinski definition) is 3. The first-order valence-corrected chi connectivity index (χ1v) is 6.14. The lowest BCUT2D eigenvalue weighted by atomic mass is 10.1. The molecule has 1 aromatic carbocycles. The van der Waals surface area contributed by atoms with Gasteiger partial charge in [0, 0.05) is 0 Å². The Kier molecular flexibility index (Phi) is 2.63. The molecular formula is C13H16N2O3. The number of carboxylic acid groups (broad SMARTS) is 1. The number of benzene rings is 1. The Labute approximate surface area is 105 Å². The van der Waals surface area contributed by atoms with Crippen molar-refractivity contribution in [2.45, 2.75) is 25.0 Å². The molecule has 2 fully saturated rings. The highest BCUT2D eigenvalue weighted by Gasteiger charge is 2.40. The van der Waals surface area contributed by atoms with Gasteiger partial charge in [0.25, 0.3) is 0 Å². The fourth-order valence-electron chi connectivity index (χ4n) is 2.85. The van der Waals surface area contributed by atoms with Crippen LogP contribution in [0.3, 0.4) is 0 Å². The molecule has 0 aromatic heterocycles. The van der Waals surface area contributed by atoms with Crippen molar-refractivity contribution in [3.63, 3.8) is 0 Å². The molecule has 1 aromatic rings. The van der Waals surface area contributed by atoms with Gasteiger partial charge in [-0.2, -0.15) is 0 Å². The molecule has 1 saturated heterocycles. The average molecular weight is 248 g/mol. The van der Waals surface area contributed by atoms with Gasteiger partial charge in [0.2, 0.25) is 0 Å². The molecule has 3 rings (SSSR count). The van der Waals surface area contributed by atoms with Crippen LogP contribution in [-0.4, -0.2) is 29.8 Å². The maximum Gasteiger partial charge on any atom is 0.335 e. The highest BCUT2D eigenvalue weighted by Crippen LogP contribution is 2.37. The number of nitrogen functional groups attached to an aromatic ring is 1. The van der Waals surface area contributed by atoms with Crippen LogP contribution in [-0.2, 0) is 4.74 Å². The van der Waals surface area contributed by atoms with E-state index in [1.165, 1.54) is 6.07 Å². The average Bonchev–Trinajstić information content (AvgIpc) is 2.93. The Hall–Kier alpha value is -1.75. The third-order valence-corrected chi connectivity index (χ3v) is 3.79. The van der Waals surface area contributed by atoms with Gasteiger partial charge in [0.1, 0.15) is 0 Å². The topological polar surface area (TPSA) is 84.6 Å². The number of fused-ring (bicyclic) bond motifs is 2. The van der Waals surface area contributed by atoms with Gasteiger partial charge >= 0.3 is 5.97 Å². The smallest absolute Gasteiger partial charge is 0.335 e. The predicted molar refractivity (Wildman–Crippen MR) is 67.7 cm³/mol. The van der Waals surface area contributed by atoms with E-state index in [9.17, 15) is 4.79 Å². The van der Waals surface area contributed by atoms with Gasteiger partial charge in [-0.3, -0.25) is 0 Å². The van der Waals surface area contributed by atoms with Gasteiger partial charge in [-0.25, -0.2) is 4.79 Å². The first-order valence-electron chi connectivity index (χ1n) is 6.14. The van der Waals surface area contributed by atoms with Crippen LogP contribution >= 0.6 is 0 Å². The van der Waals surface area contributed by atoms with Gasteiger partial charge in [0.05, 0.1) is 35.7 Å². The lowest BCUT2D eigenvalue weighted by Crippen LogP contribution is -2.32. The van der Waals surface area contributed by atoms with Crippen LogP contribution < -0.4 is 11.1 Å². The molecule has 5 nitrogen and oxygen atoms in total. The van der Waals surface area contributed by atoms with Crippen LogP contribution in [0.2, 0.25) is 0 Å². The Morgan fingerprint density at radius 1 is 1.44 bits per heavy atom. The Bertz CT molecular complexity index is 489. The molecule has 0 radical (unpaired) electrons. The number of anilines is 2. The summed E-state index contributed by atoms with van der Waals surface area (Å²) in [6.07, 6.45) is 2.40. The minimum Gasteiger partial charge on any atom is -0.478 e. The zero-order valence-corrected chi connectivity index (χ0v) is 9.93. The van der Waals surface area contributed by atoms with Crippen molar-refractivity contribution < 1.29 is 14.6 Å². The van der Waals surface area contributed by atoms with E-state index in [1.54, 1.807) is 12.1 Å². The normalized spacial score (nSPS) is 29.4. The van der Waals surface area contributed by atoms with Crippen molar-refractivity contribution in [2.24, 2.45) is 5.92 Å². The van der Waals surface area contributed by atoms with E-state index in [0.717, 1.165) is 19.4 Å². The fourth-order valence-corrected chi connectivity index (χ4v) is 2.85. The van der Waals surface area contributed by atoms with Crippen molar-refractivity contribution in [2.75, 3.05) is 17.7 Å². The monoisotopic (exact) mass is 248 g/mol. The molecule has 2 bridgehead atoms. The van der Waals surface area contributed by atoms with E-state index in [4.69, 9.17) is 15.6 Å². The summed E-state index contributed by atoms with van der Waals surface area (Å²) in [6.45, 7) is 0.855. The summed E-state index contributed by atoms with van der Waals surface area (Å²) >= 11 is 0. The summed E-state index contributed by atoms with van der Waals surface area (Å²) in [5.41, 5.74) is 7.38. The molecule has 0 unspecified atom stereocenters. The number of carbonyl (C=O) groups is 1. The fraction of sp³-hybridized carbons (Fsp3) is 0.462. The van der Waals surface area contributed by atoms with Gasteiger partial charge in [-0.05, 0) is 37.0 Å². The van der Waals surface area contributed by atoms with Crippen LogP contribution in [0.25, 0.3) is 0 Å². The Morgan fingerprint density at radius 2 is 2.28 bits per heavy atom. The highest BCUT2D eigenvalue weighted by molar-refractivity contribution is 5.90. The predicted octanol–water partition coefficient (Wildman–Crippen LogP) is 1.56. The van der Waals surface area contributed by atoms with E-state index in [0.29, 0.717) is 17.3 Å². The summed E-state index contributed by atoms with van der Waals surface area (Å²) in [4.78, 5) is 10.9. The van der Waals surface area contributed by atoms with E-state index in [1.807, 2.05) is 0 Å². The van der Waals surface area contributed by atoms with Crippen molar-refractivity contribution in [1.82, 2.24) is 0 Å². The lowest BCUT2D eigenvalue weighted by molar-refractivity contribution is 0.0680. The lowest BCUT2D eigenvalue weighted by Gasteiger charge is -2.25. The highest BCUT2D eigenvalue weighted by atomic mass is 16.5. The molecule has 0 amide bonds. The molecular weight excluding hydrogens is 232 g/mol. The molecule has 3 atom stereocenters.